The van der Waals surface area contributed by atoms with Gasteiger partial charge >= 0.3 is 0 Å². The van der Waals surface area contributed by atoms with E-state index in [1.807, 2.05) is 6.07 Å². The molecule has 3 rings (SSSR count). The van der Waals surface area contributed by atoms with Crippen LogP contribution < -0.4 is 10.2 Å². The zero-order valence-electron chi connectivity index (χ0n) is 12.8. The Morgan fingerprint density at radius 3 is 2.62 bits per heavy atom. The molecule has 1 N–H and O–H groups in total. The number of hydrogen-bond donors (Lipinski definition) is 1. The second-order valence-corrected chi connectivity index (χ2v) is 5.73. The van der Waals surface area contributed by atoms with Gasteiger partial charge in [-0.3, -0.25) is 0 Å². The van der Waals surface area contributed by atoms with E-state index in [2.05, 4.69) is 60.6 Å². The van der Waals surface area contributed by atoms with Crippen molar-refractivity contribution in [2.75, 3.05) is 11.9 Å². The summed E-state index contributed by atoms with van der Waals surface area (Å²) in [5.74, 6) is 1.02. The Balaban J connectivity index is 1.83. The molecule has 1 heterocycles. The average Bonchev–Trinajstić information content (AvgIpc) is 3.37. The maximum absolute atomic E-state index is 4.77. The van der Waals surface area contributed by atoms with Gasteiger partial charge in [0, 0.05) is 31.0 Å². The van der Waals surface area contributed by atoms with Crippen LogP contribution in [0.3, 0.4) is 0 Å². The Morgan fingerprint density at radius 2 is 1.95 bits per heavy atom. The quantitative estimate of drug-likeness (QED) is 0.875. The highest BCUT2D eigenvalue weighted by Crippen LogP contribution is 2.24. The molecule has 110 valence electrons. The highest BCUT2D eigenvalue weighted by Gasteiger charge is 2.20. The maximum Gasteiger partial charge on any atom is 0.133 e. The van der Waals surface area contributed by atoms with Gasteiger partial charge in [-0.25, -0.2) is 4.98 Å². The number of rotatable bonds is 6. The summed E-state index contributed by atoms with van der Waals surface area (Å²) in [4.78, 5) is 6.92. The number of anilines is 2. The third kappa shape index (κ3) is 3.61. The summed E-state index contributed by atoms with van der Waals surface area (Å²) >= 11 is 0. The van der Waals surface area contributed by atoms with E-state index in [1.165, 1.54) is 24.1 Å². The maximum atomic E-state index is 4.77. The first-order chi connectivity index (χ1) is 10.3. The van der Waals surface area contributed by atoms with E-state index in [9.17, 15) is 0 Å². The molecule has 0 saturated heterocycles. The molecule has 0 unspecified atom stereocenters. The normalized spacial score (nSPS) is 14.2. The van der Waals surface area contributed by atoms with Gasteiger partial charge in [0.15, 0.2) is 0 Å². The van der Waals surface area contributed by atoms with Gasteiger partial charge < -0.3 is 10.2 Å². The number of nitrogens with zero attached hydrogens (tertiary/aromatic N) is 2. The van der Waals surface area contributed by atoms with Gasteiger partial charge in [-0.15, -0.1) is 0 Å². The molecule has 0 amide bonds. The minimum absolute atomic E-state index is 0.735. The minimum atomic E-state index is 0.735. The zero-order valence-corrected chi connectivity index (χ0v) is 12.8. The lowest BCUT2D eigenvalue weighted by molar-refractivity contribution is 0.686. The van der Waals surface area contributed by atoms with Crippen LogP contribution in [0.25, 0.3) is 0 Å². The number of benzene rings is 1. The third-order valence-corrected chi connectivity index (χ3v) is 3.95. The van der Waals surface area contributed by atoms with E-state index in [4.69, 9.17) is 4.98 Å². The monoisotopic (exact) mass is 281 g/mol. The van der Waals surface area contributed by atoms with E-state index in [0.29, 0.717) is 0 Å². The lowest BCUT2D eigenvalue weighted by Crippen LogP contribution is -2.17. The Kier molecular flexibility index (Phi) is 4.20. The third-order valence-electron chi connectivity index (χ3n) is 3.95. The molecule has 0 atom stereocenters. The highest BCUT2D eigenvalue weighted by molar-refractivity contribution is 5.59. The van der Waals surface area contributed by atoms with Crippen molar-refractivity contribution < 1.29 is 0 Å². The summed E-state index contributed by atoms with van der Waals surface area (Å²) in [6, 6.07) is 15.5. The number of nitrogens with one attached hydrogen (secondary N) is 1. The molecule has 1 aromatic carbocycles. The number of aromatic nitrogens is 1. The largest absolute Gasteiger partial charge is 0.329 e. The molecule has 2 aromatic rings. The van der Waals surface area contributed by atoms with Gasteiger partial charge in [-0.2, -0.15) is 0 Å². The Morgan fingerprint density at radius 1 is 1.19 bits per heavy atom. The number of para-hydroxylation sites is 1. The molecule has 0 spiro atoms. The molecule has 1 aliphatic rings. The van der Waals surface area contributed by atoms with Gasteiger partial charge in [-0.05, 0) is 49.1 Å². The second-order valence-electron chi connectivity index (χ2n) is 5.73. The predicted octanol–water partition coefficient (Wildman–Crippen LogP) is 3.66. The Hall–Kier alpha value is -1.87. The topological polar surface area (TPSA) is 28.2 Å². The minimum Gasteiger partial charge on any atom is -0.329 e. The van der Waals surface area contributed by atoms with E-state index < -0.39 is 0 Å². The molecular formula is C18H23N3. The number of aryl methyl sites for hydroxylation is 1. The van der Waals surface area contributed by atoms with Gasteiger partial charge in [0.05, 0.1) is 0 Å². The van der Waals surface area contributed by atoms with Crippen LogP contribution in [0, 0.1) is 0 Å². The summed E-state index contributed by atoms with van der Waals surface area (Å²) in [6.07, 6.45) is 3.61. The van der Waals surface area contributed by atoms with Crippen LogP contribution in [0.4, 0.5) is 11.5 Å². The lowest BCUT2D eigenvalue weighted by atomic mass is 10.2. The smallest absolute Gasteiger partial charge is 0.133 e. The second kappa shape index (κ2) is 6.27. The summed E-state index contributed by atoms with van der Waals surface area (Å²) in [5.41, 5.74) is 3.65. The average molecular weight is 281 g/mol. The van der Waals surface area contributed by atoms with Gasteiger partial charge in [0.25, 0.3) is 0 Å². The molecule has 1 aliphatic carbocycles. The van der Waals surface area contributed by atoms with E-state index >= 15 is 0 Å². The zero-order chi connectivity index (χ0) is 14.7. The molecule has 21 heavy (non-hydrogen) atoms. The highest BCUT2D eigenvalue weighted by atomic mass is 15.2. The standard InChI is InChI=1S/C18H23N3/c1-3-15-11-14(13-19-16-9-10-16)12-18(20-15)21(2)17-7-5-4-6-8-17/h4-8,11-12,16,19H,3,9-10,13H2,1-2H3. The number of pyridine rings is 1. The van der Waals surface area contributed by atoms with Crippen LogP contribution in [0.2, 0.25) is 0 Å². The van der Waals surface area contributed by atoms with Crippen LogP contribution in [0.1, 0.15) is 31.0 Å². The lowest BCUT2D eigenvalue weighted by Gasteiger charge is -2.20. The molecule has 0 radical (unpaired) electrons. The van der Waals surface area contributed by atoms with E-state index in [-0.39, 0.29) is 0 Å². The Bertz CT molecular complexity index is 591. The fraction of sp³-hybridized carbons (Fsp3) is 0.389. The van der Waals surface area contributed by atoms with Crippen LogP contribution >= 0.6 is 0 Å². The molecule has 1 fully saturated rings. The van der Waals surface area contributed by atoms with Crippen molar-refractivity contribution in [3.63, 3.8) is 0 Å². The molecule has 0 bridgehead atoms. The van der Waals surface area contributed by atoms with Crippen LogP contribution in [0.15, 0.2) is 42.5 Å². The van der Waals surface area contributed by atoms with Gasteiger partial charge in [-0.1, -0.05) is 25.1 Å². The first kappa shape index (κ1) is 14.1. The predicted molar refractivity (Wildman–Crippen MR) is 88.0 cm³/mol. The summed E-state index contributed by atoms with van der Waals surface area (Å²) in [6.45, 7) is 3.10. The fourth-order valence-electron chi connectivity index (χ4n) is 2.42. The fourth-order valence-corrected chi connectivity index (χ4v) is 2.42. The van der Waals surface area contributed by atoms with Crippen molar-refractivity contribution in [3.05, 3.63) is 53.7 Å². The molecule has 1 aromatic heterocycles. The molecule has 3 heteroatoms. The van der Waals surface area contributed by atoms with Crippen molar-refractivity contribution in [3.8, 4) is 0 Å². The molecular weight excluding hydrogens is 258 g/mol. The van der Waals surface area contributed by atoms with E-state index in [1.54, 1.807) is 0 Å². The SMILES string of the molecule is CCc1cc(CNC2CC2)cc(N(C)c2ccccc2)n1. The van der Waals surface area contributed by atoms with Crippen molar-refractivity contribution in [2.24, 2.45) is 0 Å². The van der Waals surface area contributed by atoms with Crippen molar-refractivity contribution in [1.82, 2.24) is 10.3 Å². The van der Waals surface area contributed by atoms with Gasteiger partial charge in [0.1, 0.15) is 5.82 Å². The summed E-state index contributed by atoms with van der Waals surface area (Å²) in [5, 5.41) is 3.58. The summed E-state index contributed by atoms with van der Waals surface area (Å²) in [7, 11) is 2.08. The van der Waals surface area contributed by atoms with Crippen LogP contribution in [-0.4, -0.2) is 18.1 Å². The first-order valence-corrected chi connectivity index (χ1v) is 7.78. The molecule has 0 aliphatic heterocycles. The first-order valence-electron chi connectivity index (χ1n) is 7.78. The van der Waals surface area contributed by atoms with Crippen molar-refractivity contribution in [1.29, 1.82) is 0 Å². The van der Waals surface area contributed by atoms with Crippen molar-refractivity contribution in [2.45, 2.75) is 38.8 Å². The Labute approximate surface area is 127 Å². The number of hydrogen-bond acceptors (Lipinski definition) is 3. The van der Waals surface area contributed by atoms with Crippen LogP contribution in [-0.2, 0) is 13.0 Å². The van der Waals surface area contributed by atoms with Crippen LogP contribution in [0.5, 0.6) is 0 Å². The van der Waals surface area contributed by atoms with Gasteiger partial charge in [0.2, 0.25) is 0 Å². The molecule has 1 saturated carbocycles. The van der Waals surface area contributed by atoms with Crippen molar-refractivity contribution >= 4 is 11.5 Å². The summed E-state index contributed by atoms with van der Waals surface area (Å²) < 4.78 is 0. The van der Waals surface area contributed by atoms with E-state index in [0.717, 1.165) is 30.5 Å². The molecule has 3 nitrogen and oxygen atoms in total.